The summed E-state index contributed by atoms with van der Waals surface area (Å²) in [5.74, 6) is -2.97. The maximum Gasteiger partial charge on any atom is 0.421 e. The predicted octanol–water partition coefficient (Wildman–Crippen LogP) is 2.88. The normalized spacial score (nSPS) is 15.6. The number of esters is 1. The number of carbonyl (C=O) groups excluding carboxylic acids is 1. The molecule has 1 aromatic carbocycles. The second-order valence-electron chi connectivity index (χ2n) is 5.29. The lowest BCUT2D eigenvalue weighted by Gasteiger charge is -2.33. The lowest BCUT2D eigenvalue weighted by molar-refractivity contribution is -0.215. The van der Waals surface area contributed by atoms with Gasteiger partial charge in [-0.1, -0.05) is 18.2 Å². The number of halogens is 4. The van der Waals surface area contributed by atoms with E-state index in [0.717, 1.165) is 18.2 Å². The van der Waals surface area contributed by atoms with Crippen molar-refractivity contribution in [1.29, 1.82) is 0 Å². The number of nitrogens with two attached hydrogens (primary N) is 1. The quantitative estimate of drug-likeness (QED) is 0.674. The maximum absolute atomic E-state index is 13.6. The minimum Gasteiger partial charge on any atom is -0.458 e. The second kappa shape index (κ2) is 5.05. The van der Waals surface area contributed by atoms with Crippen LogP contribution in [-0.4, -0.2) is 17.7 Å². The number of hydrogen-bond donors (Lipinski definition) is 1. The van der Waals surface area contributed by atoms with Crippen molar-refractivity contribution in [2.75, 3.05) is 0 Å². The zero-order valence-corrected chi connectivity index (χ0v) is 11.2. The van der Waals surface area contributed by atoms with Crippen molar-refractivity contribution in [1.82, 2.24) is 0 Å². The number of carbonyl (C=O) groups is 1. The Labute approximate surface area is 113 Å². The van der Waals surface area contributed by atoms with Crippen molar-refractivity contribution < 1.29 is 27.1 Å². The van der Waals surface area contributed by atoms with Crippen LogP contribution in [0.15, 0.2) is 24.3 Å². The van der Waals surface area contributed by atoms with Gasteiger partial charge in [-0.05, 0) is 26.8 Å². The van der Waals surface area contributed by atoms with Gasteiger partial charge >= 0.3 is 12.1 Å². The molecule has 3 nitrogen and oxygen atoms in total. The SMILES string of the molecule is CC(C)(C)OC(=O)C(N)(c1ccccc1F)C(F)(F)F. The van der Waals surface area contributed by atoms with E-state index in [-0.39, 0.29) is 0 Å². The van der Waals surface area contributed by atoms with Crippen LogP contribution in [0.3, 0.4) is 0 Å². The Kier molecular flexibility index (Phi) is 4.14. The fraction of sp³-hybridized carbons (Fsp3) is 0.462. The molecule has 2 N–H and O–H groups in total. The van der Waals surface area contributed by atoms with Gasteiger partial charge in [0.25, 0.3) is 0 Å². The molecule has 0 heterocycles. The van der Waals surface area contributed by atoms with Crippen molar-refractivity contribution >= 4 is 5.97 Å². The van der Waals surface area contributed by atoms with Crippen LogP contribution in [0.2, 0.25) is 0 Å². The van der Waals surface area contributed by atoms with Gasteiger partial charge in [0.1, 0.15) is 11.4 Å². The Morgan fingerprint density at radius 1 is 1.15 bits per heavy atom. The molecule has 0 fully saturated rings. The molecule has 1 aromatic rings. The highest BCUT2D eigenvalue weighted by Gasteiger charge is 2.61. The van der Waals surface area contributed by atoms with Crippen LogP contribution >= 0.6 is 0 Å². The standard InChI is InChI=1S/C13H15F4NO2/c1-11(2,3)20-10(19)12(18,13(15,16)17)8-6-4-5-7-9(8)14/h4-7H,18H2,1-3H3. The van der Waals surface area contributed by atoms with E-state index < -0.39 is 34.7 Å². The number of alkyl halides is 3. The van der Waals surface area contributed by atoms with Crippen molar-refractivity contribution in [2.24, 2.45) is 5.73 Å². The van der Waals surface area contributed by atoms with Crippen LogP contribution in [0.25, 0.3) is 0 Å². The summed E-state index contributed by atoms with van der Waals surface area (Å²) in [5, 5.41) is 0. The molecule has 0 aliphatic rings. The van der Waals surface area contributed by atoms with Crippen LogP contribution in [-0.2, 0) is 15.1 Å². The zero-order chi connectivity index (χ0) is 15.8. The molecule has 112 valence electrons. The van der Waals surface area contributed by atoms with Gasteiger partial charge in [0.05, 0.1) is 0 Å². The summed E-state index contributed by atoms with van der Waals surface area (Å²) in [7, 11) is 0. The highest BCUT2D eigenvalue weighted by atomic mass is 19.4. The molecule has 0 bridgehead atoms. The fourth-order valence-electron chi connectivity index (χ4n) is 1.52. The average molecular weight is 293 g/mol. The summed E-state index contributed by atoms with van der Waals surface area (Å²) in [4.78, 5) is 11.8. The Hall–Kier alpha value is -1.63. The van der Waals surface area contributed by atoms with Crippen LogP contribution in [0, 0.1) is 5.82 Å². The molecule has 0 saturated carbocycles. The summed E-state index contributed by atoms with van der Waals surface area (Å²) < 4.78 is 57.9. The van der Waals surface area contributed by atoms with Crippen molar-refractivity contribution in [3.05, 3.63) is 35.6 Å². The van der Waals surface area contributed by atoms with Crippen LogP contribution < -0.4 is 5.73 Å². The average Bonchev–Trinajstić information content (AvgIpc) is 2.24. The van der Waals surface area contributed by atoms with E-state index in [1.807, 2.05) is 0 Å². The third-order valence-electron chi connectivity index (χ3n) is 2.47. The van der Waals surface area contributed by atoms with Gasteiger partial charge in [0.2, 0.25) is 5.54 Å². The number of ether oxygens (including phenoxy) is 1. The highest BCUT2D eigenvalue weighted by molar-refractivity contribution is 5.84. The largest absolute Gasteiger partial charge is 0.458 e. The first-order valence-corrected chi connectivity index (χ1v) is 5.73. The Bertz CT molecular complexity index is 508. The van der Waals surface area contributed by atoms with Crippen LogP contribution in [0.4, 0.5) is 17.6 Å². The Morgan fingerprint density at radius 3 is 2.05 bits per heavy atom. The highest BCUT2D eigenvalue weighted by Crippen LogP contribution is 2.39. The van der Waals surface area contributed by atoms with Gasteiger partial charge in [0, 0.05) is 5.56 Å². The van der Waals surface area contributed by atoms with Gasteiger partial charge in [-0.25, -0.2) is 9.18 Å². The number of benzene rings is 1. The summed E-state index contributed by atoms with van der Waals surface area (Å²) in [6, 6.07) is 3.97. The lowest BCUT2D eigenvalue weighted by atomic mass is 9.89. The molecule has 1 atom stereocenters. The molecule has 0 aliphatic carbocycles. The maximum atomic E-state index is 13.6. The molecule has 0 spiro atoms. The van der Waals surface area contributed by atoms with E-state index >= 15 is 0 Å². The minimum absolute atomic E-state index is 0.799. The molecule has 0 saturated heterocycles. The first-order chi connectivity index (χ1) is 8.89. The second-order valence-corrected chi connectivity index (χ2v) is 5.29. The minimum atomic E-state index is -5.20. The van der Waals surface area contributed by atoms with E-state index in [2.05, 4.69) is 4.74 Å². The lowest BCUT2D eigenvalue weighted by Crippen LogP contribution is -2.58. The number of rotatable bonds is 2. The van der Waals surface area contributed by atoms with Gasteiger partial charge < -0.3 is 10.5 Å². The summed E-state index contributed by atoms with van der Waals surface area (Å²) >= 11 is 0. The smallest absolute Gasteiger partial charge is 0.421 e. The monoisotopic (exact) mass is 293 g/mol. The third-order valence-corrected chi connectivity index (χ3v) is 2.47. The predicted molar refractivity (Wildman–Crippen MR) is 64.2 cm³/mol. The topological polar surface area (TPSA) is 52.3 Å². The molecule has 7 heteroatoms. The Morgan fingerprint density at radius 2 is 1.65 bits per heavy atom. The first kappa shape index (κ1) is 16.4. The molecule has 0 aliphatic heterocycles. The summed E-state index contributed by atoms with van der Waals surface area (Å²) in [6.45, 7) is 4.18. The first-order valence-electron chi connectivity index (χ1n) is 5.73. The van der Waals surface area contributed by atoms with E-state index in [4.69, 9.17) is 5.73 Å². The van der Waals surface area contributed by atoms with Crippen LogP contribution in [0.1, 0.15) is 26.3 Å². The molecule has 20 heavy (non-hydrogen) atoms. The third kappa shape index (κ3) is 3.09. The van der Waals surface area contributed by atoms with E-state index in [1.54, 1.807) is 0 Å². The number of hydrogen-bond acceptors (Lipinski definition) is 3. The van der Waals surface area contributed by atoms with E-state index in [1.165, 1.54) is 26.8 Å². The van der Waals surface area contributed by atoms with Crippen LogP contribution in [0.5, 0.6) is 0 Å². The van der Waals surface area contributed by atoms with Gasteiger partial charge in [-0.2, -0.15) is 13.2 Å². The molecular weight excluding hydrogens is 278 g/mol. The summed E-state index contributed by atoms with van der Waals surface area (Å²) in [6.07, 6.45) is -5.20. The molecule has 0 aromatic heterocycles. The van der Waals surface area contributed by atoms with Crippen molar-refractivity contribution in [3.8, 4) is 0 Å². The van der Waals surface area contributed by atoms with Gasteiger partial charge in [0.15, 0.2) is 0 Å². The molecule has 0 radical (unpaired) electrons. The van der Waals surface area contributed by atoms with E-state index in [9.17, 15) is 22.4 Å². The van der Waals surface area contributed by atoms with Gasteiger partial charge in [-0.15, -0.1) is 0 Å². The molecule has 1 unspecified atom stereocenters. The fourth-order valence-corrected chi connectivity index (χ4v) is 1.52. The molecular formula is C13H15F4NO2. The van der Waals surface area contributed by atoms with Gasteiger partial charge in [-0.3, -0.25) is 0 Å². The summed E-state index contributed by atoms with van der Waals surface area (Å²) in [5.41, 5.74) is -0.495. The molecule has 0 amide bonds. The Balaban J connectivity index is 3.40. The molecule has 1 rings (SSSR count). The van der Waals surface area contributed by atoms with Crippen molar-refractivity contribution in [2.45, 2.75) is 38.1 Å². The van der Waals surface area contributed by atoms with E-state index in [0.29, 0.717) is 0 Å². The van der Waals surface area contributed by atoms with Crippen molar-refractivity contribution in [3.63, 3.8) is 0 Å². The zero-order valence-electron chi connectivity index (χ0n) is 11.2.